The summed E-state index contributed by atoms with van der Waals surface area (Å²) in [4.78, 5) is 6.91. The minimum Gasteiger partial charge on any atom is -0.308 e. The highest BCUT2D eigenvalue weighted by Crippen LogP contribution is 2.46. The van der Waals surface area contributed by atoms with Gasteiger partial charge in [-0.15, -0.1) is 0 Å². The molecule has 0 amide bonds. The third-order valence-electron chi connectivity index (χ3n) is 5.97. The van der Waals surface area contributed by atoms with Gasteiger partial charge in [0.05, 0.1) is 0 Å². The van der Waals surface area contributed by atoms with Gasteiger partial charge in [0.2, 0.25) is 0 Å². The molecule has 3 rings (SSSR count). The number of nitrogens with one attached hydrogen (secondary N) is 1. The van der Waals surface area contributed by atoms with E-state index in [2.05, 4.69) is 48.1 Å². The molecule has 1 aromatic heterocycles. The summed E-state index contributed by atoms with van der Waals surface area (Å²) in [5, 5.41) is 3.91. The van der Waals surface area contributed by atoms with E-state index >= 15 is 0 Å². The monoisotopic (exact) mass is 287 g/mol. The van der Waals surface area contributed by atoms with Gasteiger partial charge in [0.25, 0.3) is 0 Å². The third-order valence-corrected chi connectivity index (χ3v) is 5.97. The Balaban J connectivity index is 1.83. The van der Waals surface area contributed by atoms with E-state index in [1.807, 2.05) is 12.4 Å². The summed E-state index contributed by atoms with van der Waals surface area (Å²) < 4.78 is 0. The summed E-state index contributed by atoms with van der Waals surface area (Å²) in [5.74, 6) is 0.874. The Kier molecular flexibility index (Phi) is 4.06. The molecule has 1 saturated carbocycles. The Labute approximate surface area is 129 Å². The van der Waals surface area contributed by atoms with E-state index in [4.69, 9.17) is 0 Å². The Morgan fingerprint density at radius 3 is 2.48 bits per heavy atom. The highest BCUT2D eigenvalue weighted by atomic mass is 15.3. The van der Waals surface area contributed by atoms with Crippen molar-refractivity contribution in [1.82, 2.24) is 15.2 Å². The molecule has 21 heavy (non-hydrogen) atoms. The summed E-state index contributed by atoms with van der Waals surface area (Å²) in [6.45, 7) is 10.5. The number of hydrogen-bond donors (Lipinski definition) is 1. The van der Waals surface area contributed by atoms with E-state index in [0.717, 1.165) is 25.6 Å². The maximum atomic E-state index is 4.15. The van der Waals surface area contributed by atoms with Crippen molar-refractivity contribution in [1.29, 1.82) is 0 Å². The quantitative estimate of drug-likeness (QED) is 0.901. The molecular weight excluding hydrogens is 258 g/mol. The van der Waals surface area contributed by atoms with Gasteiger partial charge in [-0.05, 0) is 56.2 Å². The molecule has 0 bridgehead atoms. The Hall–Kier alpha value is -0.930. The van der Waals surface area contributed by atoms with Crippen molar-refractivity contribution in [2.75, 3.05) is 13.1 Å². The maximum absolute atomic E-state index is 4.15. The zero-order valence-corrected chi connectivity index (χ0v) is 13.7. The normalized spacial score (nSPS) is 29.5. The molecule has 1 N–H and O–H groups in total. The van der Waals surface area contributed by atoms with Crippen molar-refractivity contribution in [2.45, 2.75) is 64.1 Å². The first kappa shape index (κ1) is 15.0. The molecule has 2 heterocycles. The molecule has 1 aliphatic heterocycles. The van der Waals surface area contributed by atoms with Crippen LogP contribution in [0, 0.1) is 5.92 Å². The minimum absolute atomic E-state index is 0.293. The van der Waals surface area contributed by atoms with Crippen LogP contribution in [0.2, 0.25) is 0 Å². The summed E-state index contributed by atoms with van der Waals surface area (Å²) in [7, 11) is 0. The minimum atomic E-state index is 0.293. The number of pyridine rings is 1. The Morgan fingerprint density at radius 1 is 1.24 bits per heavy atom. The number of aromatic nitrogens is 1. The third kappa shape index (κ3) is 2.86. The summed E-state index contributed by atoms with van der Waals surface area (Å²) in [5.41, 5.74) is 2.00. The van der Waals surface area contributed by atoms with Crippen molar-refractivity contribution in [2.24, 2.45) is 5.92 Å². The molecule has 0 aromatic carbocycles. The molecule has 1 aliphatic carbocycles. The first-order valence-corrected chi connectivity index (χ1v) is 8.51. The summed E-state index contributed by atoms with van der Waals surface area (Å²) in [6, 6.07) is 4.32. The highest BCUT2D eigenvalue weighted by Gasteiger charge is 2.50. The van der Waals surface area contributed by atoms with E-state index in [9.17, 15) is 0 Å². The number of nitrogens with zero attached hydrogens (tertiary/aromatic N) is 2. The molecule has 3 heteroatoms. The Bertz CT molecular complexity index is 465. The van der Waals surface area contributed by atoms with Gasteiger partial charge in [0.15, 0.2) is 0 Å². The van der Waals surface area contributed by atoms with Crippen molar-refractivity contribution < 1.29 is 0 Å². The SMILES string of the molecule is CCC1(CC)CN(Cc2ccncc2)C(C)(C2CC2)CN1. The van der Waals surface area contributed by atoms with Crippen LogP contribution in [0.5, 0.6) is 0 Å². The van der Waals surface area contributed by atoms with Crippen molar-refractivity contribution in [3.05, 3.63) is 30.1 Å². The number of piperazine rings is 1. The number of hydrogen-bond acceptors (Lipinski definition) is 3. The topological polar surface area (TPSA) is 28.2 Å². The predicted octanol–water partition coefficient (Wildman–Crippen LogP) is 3.21. The number of rotatable bonds is 5. The van der Waals surface area contributed by atoms with Crippen LogP contribution in [0.25, 0.3) is 0 Å². The highest BCUT2D eigenvalue weighted by molar-refractivity contribution is 5.14. The molecule has 2 fully saturated rings. The van der Waals surface area contributed by atoms with E-state index in [1.54, 1.807) is 0 Å². The van der Waals surface area contributed by atoms with Gasteiger partial charge in [-0.2, -0.15) is 0 Å². The lowest BCUT2D eigenvalue weighted by atomic mass is 9.81. The van der Waals surface area contributed by atoms with Gasteiger partial charge in [-0.25, -0.2) is 0 Å². The van der Waals surface area contributed by atoms with Crippen molar-refractivity contribution in [3.8, 4) is 0 Å². The van der Waals surface area contributed by atoms with Gasteiger partial charge in [0.1, 0.15) is 0 Å². The first-order valence-electron chi connectivity index (χ1n) is 8.51. The average molecular weight is 287 g/mol. The van der Waals surface area contributed by atoms with E-state index in [0.29, 0.717) is 11.1 Å². The molecule has 1 unspecified atom stereocenters. The first-order chi connectivity index (χ1) is 10.1. The van der Waals surface area contributed by atoms with Crippen LogP contribution in [-0.4, -0.2) is 34.1 Å². The second kappa shape index (κ2) is 5.69. The molecule has 0 radical (unpaired) electrons. The van der Waals surface area contributed by atoms with Gasteiger partial charge in [0, 0.05) is 43.1 Å². The smallest absolute Gasteiger partial charge is 0.0338 e. The fourth-order valence-electron chi connectivity index (χ4n) is 3.86. The lowest BCUT2D eigenvalue weighted by Crippen LogP contribution is -2.69. The fourth-order valence-corrected chi connectivity index (χ4v) is 3.86. The Morgan fingerprint density at radius 2 is 1.90 bits per heavy atom. The molecule has 1 aromatic rings. The molecule has 1 atom stereocenters. The maximum Gasteiger partial charge on any atom is 0.0338 e. The molecule has 1 saturated heterocycles. The van der Waals surface area contributed by atoms with Crippen LogP contribution < -0.4 is 5.32 Å². The zero-order valence-electron chi connectivity index (χ0n) is 13.7. The lowest BCUT2D eigenvalue weighted by Gasteiger charge is -2.54. The largest absolute Gasteiger partial charge is 0.308 e. The average Bonchev–Trinajstić information content (AvgIpc) is 3.36. The second-order valence-electron chi connectivity index (χ2n) is 7.18. The van der Waals surface area contributed by atoms with Crippen LogP contribution in [0.1, 0.15) is 52.0 Å². The molecule has 116 valence electrons. The van der Waals surface area contributed by atoms with Crippen LogP contribution in [-0.2, 0) is 6.54 Å². The molecule has 0 spiro atoms. The van der Waals surface area contributed by atoms with Crippen LogP contribution in [0.4, 0.5) is 0 Å². The van der Waals surface area contributed by atoms with Crippen molar-refractivity contribution in [3.63, 3.8) is 0 Å². The van der Waals surface area contributed by atoms with Crippen LogP contribution >= 0.6 is 0 Å². The van der Waals surface area contributed by atoms with Crippen molar-refractivity contribution >= 4 is 0 Å². The zero-order chi connectivity index (χ0) is 14.9. The van der Waals surface area contributed by atoms with Gasteiger partial charge >= 0.3 is 0 Å². The standard InChI is InChI=1S/C18H29N3/c1-4-18(5-2)14-21(12-15-8-10-19-11-9-15)17(3,13-20-18)16-6-7-16/h8-11,16,20H,4-7,12-14H2,1-3H3. The van der Waals surface area contributed by atoms with Crippen LogP contribution in [0.15, 0.2) is 24.5 Å². The van der Waals surface area contributed by atoms with E-state index in [-0.39, 0.29) is 0 Å². The summed E-state index contributed by atoms with van der Waals surface area (Å²) in [6.07, 6.45) is 9.04. The molecule has 2 aliphatic rings. The molecular formula is C18H29N3. The van der Waals surface area contributed by atoms with E-state index in [1.165, 1.54) is 31.2 Å². The van der Waals surface area contributed by atoms with Gasteiger partial charge in [-0.3, -0.25) is 9.88 Å². The van der Waals surface area contributed by atoms with Crippen LogP contribution in [0.3, 0.4) is 0 Å². The van der Waals surface area contributed by atoms with Gasteiger partial charge in [-0.1, -0.05) is 13.8 Å². The lowest BCUT2D eigenvalue weighted by molar-refractivity contribution is -0.00845. The summed E-state index contributed by atoms with van der Waals surface area (Å²) >= 11 is 0. The van der Waals surface area contributed by atoms with E-state index < -0.39 is 0 Å². The fraction of sp³-hybridized carbons (Fsp3) is 0.722. The predicted molar refractivity (Wildman–Crippen MR) is 87.1 cm³/mol. The second-order valence-corrected chi connectivity index (χ2v) is 7.18. The molecule has 3 nitrogen and oxygen atoms in total. The van der Waals surface area contributed by atoms with Gasteiger partial charge < -0.3 is 5.32 Å².